The van der Waals surface area contributed by atoms with Crippen molar-refractivity contribution in [3.05, 3.63) is 145 Å². The molecule has 0 N–H and O–H groups in total. The molecule has 0 unspecified atom stereocenters. The first kappa shape index (κ1) is 26.6. The molecule has 0 saturated carbocycles. The monoisotopic (exact) mass is 656 g/mol. The van der Waals surface area contributed by atoms with E-state index in [9.17, 15) is 0 Å². The van der Waals surface area contributed by atoms with Gasteiger partial charge in [0, 0.05) is 59.6 Å². The molecule has 0 aliphatic rings. The topological polar surface area (TPSA) is 39.4 Å². The highest BCUT2D eigenvalue weighted by Crippen LogP contribution is 2.52. The van der Waals surface area contributed by atoms with Crippen LogP contribution in [0.1, 0.15) is 0 Å². The van der Waals surface area contributed by atoms with Gasteiger partial charge in [-0.2, -0.15) is 0 Å². The highest BCUT2D eigenvalue weighted by atomic mass is 32.1. The summed E-state index contributed by atoms with van der Waals surface area (Å²) in [6.45, 7) is 0. The molecule has 0 amide bonds. The smallest absolute Gasteiger partial charge is 0.139 e. The normalized spacial score (nSPS) is 12.4. The number of rotatable bonds is 2. The largest absolute Gasteiger partial charge is 0.456 e. The lowest BCUT2D eigenvalue weighted by atomic mass is 9.83. The van der Waals surface area contributed by atoms with Crippen LogP contribution in [0, 0.1) is 0 Å². The summed E-state index contributed by atoms with van der Waals surface area (Å²) < 4.78 is 20.6. The Hall–Kier alpha value is -6.36. The van der Waals surface area contributed by atoms with E-state index in [-0.39, 0.29) is 0 Å². The molecule has 232 valence electrons. The van der Waals surface area contributed by atoms with Gasteiger partial charge < -0.3 is 13.3 Å². The van der Waals surface area contributed by atoms with Crippen molar-refractivity contribution in [3.63, 3.8) is 0 Å². The highest BCUT2D eigenvalue weighted by molar-refractivity contribution is 7.17. The molecule has 0 fully saturated rings. The summed E-state index contributed by atoms with van der Waals surface area (Å²) >= 11 is 1.78. The SMILES string of the molecule is c1ccc2c(c1)oc1cc3scc(-c4c5ccccc5c(-c5c6c(cc7oc8ccccc8c57)oc5ccccc56)c5ccccc45)c3cc12. The van der Waals surface area contributed by atoms with Crippen LogP contribution in [0.25, 0.3) is 120 Å². The Bertz CT molecular complexity index is 3240. The zero-order chi connectivity index (χ0) is 32.5. The van der Waals surface area contributed by atoms with Crippen molar-refractivity contribution in [2.75, 3.05) is 0 Å². The average molecular weight is 657 g/mol. The predicted octanol–water partition coefficient (Wildman–Crippen LogP) is 14.2. The lowest BCUT2D eigenvalue weighted by Crippen LogP contribution is -1.91. The first-order valence-electron chi connectivity index (χ1n) is 16.8. The fourth-order valence-corrected chi connectivity index (χ4v) is 9.43. The first-order chi connectivity index (χ1) is 24.8. The van der Waals surface area contributed by atoms with E-state index in [4.69, 9.17) is 13.3 Å². The molecule has 12 aromatic rings. The second kappa shape index (κ2) is 9.63. The lowest BCUT2D eigenvalue weighted by Gasteiger charge is -2.18. The molecule has 3 nitrogen and oxygen atoms in total. The van der Waals surface area contributed by atoms with E-state index >= 15 is 0 Å². The molecular weight excluding hydrogens is 633 g/mol. The number of hydrogen-bond donors (Lipinski definition) is 0. The van der Waals surface area contributed by atoms with E-state index in [1.54, 1.807) is 11.3 Å². The van der Waals surface area contributed by atoms with Crippen LogP contribution in [0.3, 0.4) is 0 Å². The molecule has 0 atom stereocenters. The third kappa shape index (κ3) is 3.43. The Balaban J connectivity index is 1.28. The molecule has 0 radical (unpaired) electrons. The van der Waals surface area contributed by atoms with Gasteiger partial charge in [0.2, 0.25) is 0 Å². The van der Waals surface area contributed by atoms with E-state index in [0.29, 0.717) is 0 Å². The van der Waals surface area contributed by atoms with Gasteiger partial charge in [-0.1, -0.05) is 103 Å². The maximum absolute atomic E-state index is 6.57. The molecule has 0 bridgehead atoms. The van der Waals surface area contributed by atoms with Gasteiger partial charge in [-0.05, 0) is 68.4 Å². The van der Waals surface area contributed by atoms with Crippen molar-refractivity contribution in [2.45, 2.75) is 0 Å². The number of benzene rings is 8. The van der Waals surface area contributed by atoms with Crippen LogP contribution in [0.2, 0.25) is 0 Å². The highest BCUT2D eigenvalue weighted by Gasteiger charge is 2.26. The first-order valence-corrected chi connectivity index (χ1v) is 17.7. The summed E-state index contributed by atoms with van der Waals surface area (Å²) in [5, 5.41) is 15.1. The van der Waals surface area contributed by atoms with Crippen molar-refractivity contribution in [2.24, 2.45) is 0 Å². The maximum Gasteiger partial charge on any atom is 0.139 e. The maximum atomic E-state index is 6.57. The van der Waals surface area contributed by atoms with Crippen LogP contribution in [0.5, 0.6) is 0 Å². The number of hydrogen-bond acceptors (Lipinski definition) is 4. The molecule has 0 spiro atoms. The fourth-order valence-electron chi connectivity index (χ4n) is 8.47. The lowest BCUT2D eigenvalue weighted by molar-refractivity contribution is 0.656. The summed E-state index contributed by atoms with van der Waals surface area (Å²) in [5.74, 6) is 0. The molecule has 8 aromatic carbocycles. The summed E-state index contributed by atoms with van der Waals surface area (Å²) in [5.41, 5.74) is 10.1. The van der Waals surface area contributed by atoms with E-state index in [0.717, 1.165) is 71.4 Å². The Kier molecular flexibility index (Phi) is 5.12. The Morgan fingerprint density at radius 1 is 0.320 bits per heavy atom. The number of furan rings is 3. The summed E-state index contributed by atoms with van der Waals surface area (Å²) in [7, 11) is 0. The molecule has 0 saturated heterocycles. The van der Waals surface area contributed by atoms with Crippen LogP contribution in [-0.4, -0.2) is 0 Å². The van der Waals surface area contributed by atoms with Crippen molar-refractivity contribution in [1.82, 2.24) is 0 Å². The predicted molar refractivity (Wildman–Crippen MR) is 210 cm³/mol. The minimum absolute atomic E-state index is 0.824. The van der Waals surface area contributed by atoms with Gasteiger partial charge >= 0.3 is 0 Å². The third-order valence-electron chi connectivity index (χ3n) is 10.5. The summed E-state index contributed by atoms with van der Waals surface area (Å²) in [6, 6.07) is 49.5. The summed E-state index contributed by atoms with van der Waals surface area (Å²) in [6.07, 6.45) is 0. The van der Waals surface area contributed by atoms with Crippen LogP contribution in [0.15, 0.2) is 158 Å². The van der Waals surface area contributed by atoms with Crippen LogP contribution in [0.4, 0.5) is 0 Å². The van der Waals surface area contributed by atoms with Gasteiger partial charge in [0.1, 0.15) is 33.5 Å². The zero-order valence-electron chi connectivity index (χ0n) is 26.5. The number of fused-ring (bicyclic) bond motifs is 12. The van der Waals surface area contributed by atoms with Gasteiger partial charge in [0.15, 0.2) is 0 Å². The van der Waals surface area contributed by atoms with E-state index in [1.165, 1.54) is 48.3 Å². The van der Waals surface area contributed by atoms with Crippen LogP contribution in [-0.2, 0) is 0 Å². The molecule has 0 aliphatic heterocycles. The standard InChI is InChI=1S/C46H24O3S/c1-3-14-28-26(12-1)42(34-24-50-41-23-38-32(21-33(34)41)25-11-5-8-18-35(25)47-38)27-13-2-4-15-29(27)43(28)46-44-30-16-6-9-19-36(30)48-39(44)22-40-45(46)31-17-7-10-20-37(31)49-40/h1-24H. The molecular formula is C46H24O3S. The van der Waals surface area contributed by atoms with E-state index < -0.39 is 0 Å². The van der Waals surface area contributed by atoms with Crippen molar-refractivity contribution in [3.8, 4) is 22.3 Å². The van der Waals surface area contributed by atoms with E-state index in [1.807, 2.05) is 24.3 Å². The van der Waals surface area contributed by atoms with Gasteiger partial charge in [-0.15, -0.1) is 11.3 Å². The van der Waals surface area contributed by atoms with Crippen molar-refractivity contribution < 1.29 is 13.3 Å². The van der Waals surface area contributed by atoms with Crippen molar-refractivity contribution in [1.29, 1.82) is 0 Å². The van der Waals surface area contributed by atoms with Crippen LogP contribution < -0.4 is 0 Å². The molecule has 4 heteroatoms. The molecule has 50 heavy (non-hydrogen) atoms. The second-order valence-corrected chi connectivity index (χ2v) is 14.0. The number of thiophene rings is 1. The molecule has 4 aromatic heterocycles. The second-order valence-electron chi connectivity index (χ2n) is 13.1. The van der Waals surface area contributed by atoms with Gasteiger partial charge in [-0.3, -0.25) is 0 Å². The fraction of sp³-hybridized carbons (Fsp3) is 0. The quantitative estimate of drug-likeness (QED) is 0.174. The summed E-state index contributed by atoms with van der Waals surface area (Å²) in [4.78, 5) is 0. The van der Waals surface area contributed by atoms with Crippen molar-refractivity contribution >= 4 is 109 Å². The molecule has 0 aliphatic carbocycles. The van der Waals surface area contributed by atoms with Gasteiger partial charge in [-0.25, -0.2) is 0 Å². The Morgan fingerprint density at radius 3 is 1.36 bits per heavy atom. The average Bonchev–Trinajstić information content (AvgIpc) is 3.93. The minimum Gasteiger partial charge on any atom is -0.456 e. The van der Waals surface area contributed by atoms with Gasteiger partial charge in [0.05, 0.1) is 0 Å². The molecule has 4 heterocycles. The zero-order valence-corrected chi connectivity index (χ0v) is 27.3. The van der Waals surface area contributed by atoms with Crippen LogP contribution >= 0.6 is 11.3 Å². The third-order valence-corrected chi connectivity index (χ3v) is 11.5. The Labute approximate surface area is 288 Å². The molecule has 12 rings (SSSR count). The Morgan fingerprint density at radius 2 is 0.780 bits per heavy atom. The number of para-hydroxylation sites is 3. The minimum atomic E-state index is 0.824. The van der Waals surface area contributed by atoms with E-state index in [2.05, 4.69) is 121 Å². The van der Waals surface area contributed by atoms with Gasteiger partial charge in [0.25, 0.3) is 0 Å².